The maximum atomic E-state index is 12.8. The van der Waals surface area contributed by atoms with E-state index < -0.39 is 28.0 Å². The highest BCUT2D eigenvalue weighted by Crippen LogP contribution is 2.31. The number of hydrogen-bond donors (Lipinski definition) is 1. The normalized spacial score (nSPS) is 18.5. The van der Waals surface area contributed by atoms with Gasteiger partial charge in [-0.2, -0.15) is 4.31 Å². The number of benzene rings is 1. The van der Waals surface area contributed by atoms with Gasteiger partial charge in [0.2, 0.25) is 10.0 Å². The van der Waals surface area contributed by atoms with Crippen LogP contribution in [-0.4, -0.2) is 49.0 Å². The van der Waals surface area contributed by atoms with Crippen LogP contribution in [0, 0.1) is 0 Å². The lowest BCUT2D eigenvalue weighted by molar-refractivity contribution is -0.140. The molecule has 1 aliphatic heterocycles. The van der Waals surface area contributed by atoms with Crippen LogP contribution in [0.4, 0.5) is 0 Å². The van der Waals surface area contributed by atoms with Crippen molar-refractivity contribution in [2.75, 3.05) is 13.2 Å². The summed E-state index contributed by atoms with van der Waals surface area (Å²) in [5.41, 5.74) is 0. The molecule has 1 aromatic carbocycles. The van der Waals surface area contributed by atoms with Crippen molar-refractivity contribution < 1.29 is 27.9 Å². The molecule has 7 nitrogen and oxygen atoms in total. The zero-order valence-electron chi connectivity index (χ0n) is 13.5. The highest BCUT2D eigenvalue weighted by Gasteiger charge is 2.39. The van der Waals surface area contributed by atoms with E-state index in [2.05, 4.69) is 0 Å². The first-order valence-electron chi connectivity index (χ1n) is 7.80. The van der Waals surface area contributed by atoms with Gasteiger partial charge in [-0.3, -0.25) is 4.79 Å². The molecule has 1 fully saturated rings. The largest absolute Gasteiger partial charge is 0.480 e. The van der Waals surface area contributed by atoms with Crippen molar-refractivity contribution in [3.63, 3.8) is 0 Å². The van der Waals surface area contributed by atoms with Crippen molar-refractivity contribution in [1.82, 2.24) is 4.31 Å². The highest BCUT2D eigenvalue weighted by atomic mass is 32.2. The van der Waals surface area contributed by atoms with E-state index in [4.69, 9.17) is 4.74 Å². The summed E-state index contributed by atoms with van der Waals surface area (Å²) in [6.45, 7) is 2.16. The second kappa shape index (κ2) is 6.74. The number of carboxylic acids is 1. The molecule has 3 rings (SSSR count). The Morgan fingerprint density at radius 2 is 2.12 bits per heavy atom. The summed E-state index contributed by atoms with van der Waals surface area (Å²) < 4.78 is 32.4. The smallest absolute Gasteiger partial charge is 0.348 e. The lowest BCUT2D eigenvalue weighted by Crippen LogP contribution is -2.40. The fourth-order valence-corrected chi connectivity index (χ4v) is 5.52. The number of carbonyl (C=O) groups excluding carboxylic acids is 1. The number of rotatable bonds is 5. The predicted octanol–water partition coefficient (Wildman–Crippen LogP) is 2.32. The van der Waals surface area contributed by atoms with Gasteiger partial charge in [-0.15, -0.1) is 11.3 Å². The minimum Gasteiger partial charge on any atom is -0.480 e. The summed E-state index contributed by atoms with van der Waals surface area (Å²) in [7, 11) is -3.90. The van der Waals surface area contributed by atoms with Gasteiger partial charge in [0.1, 0.15) is 10.9 Å². The quantitative estimate of drug-likeness (QED) is 0.795. The number of sulfonamides is 1. The van der Waals surface area contributed by atoms with Gasteiger partial charge < -0.3 is 9.84 Å². The molecule has 2 aromatic rings. The number of aliphatic carboxylic acids is 1. The predicted molar refractivity (Wildman–Crippen MR) is 92.3 cm³/mol. The van der Waals surface area contributed by atoms with Gasteiger partial charge in [-0.25, -0.2) is 13.2 Å². The Labute approximate surface area is 148 Å². The zero-order chi connectivity index (χ0) is 18.2. The van der Waals surface area contributed by atoms with E-state index >= 15 is 0 Å². The van der Waals surface area contributed by atoms with Crippen LogP contribution in [0.3, 0.4) is 0 Å². The first-order chi connectivity index (χ1) is 11.8. The van der Waals surface area contributed by atoms with Crippen molar-refractivity contribution in [1.29, 1.82) is 0 Å². The maximum absolute atomic E-state index is 12.8. The number of esters is 1. The van der Waals surface area contributed by atoms with Gasteiger partial charge >= 0.3 is 11.9 Å². The summed E-state index contributed by atoms with van der Waals surface area (Å²) in [5.74, 6) is -1.58. The average Bonchev–Trinajstić information content (AvgIpc) is 3.21. The lowest BCUT2D eigenvalue weighted by Gasteiger charge is -2.20. The summed E-state index contributed by atoms with van der Waals surface area (Å²) in [5, 5.41) is 9.84. The third-order valence-corrected chi connectivity index (χ3v) is 7.06. The van der Waals surface area contributed by atoms with E-state index in [0.717, 1.165) is 9.01 Å². The molecule has 1 atom stereocenters. The molecule has 0 aliphatic carbocycles. The monoisotopic (exact) mass is 383 g/mol. The Morgan fingerprint density at radius 3 is 2.80 bits per heavy atom. The fraction of sp³-hybridized carbons (Fsp3) is 0.375. The van der Waals surface area contributed by atoms with E-state index in [1.165, 1.54) is 23.5 Å². The Morgan fingerprint density at radius 1 is 1.36 bits per heavy atom. The zero-order valence-corrected chi connectivity index (χ0v) is 15.1. The SMILES string of the molecule is CCOC(=O)c1cc2cc(S(=O)(=O)N3CCCC3C(=O)O)ccc2s1. The molecular weight excluding hydrogens is 366 g/mol. The molecule has 1 N–H and O–H groups in total. The molecule has 2 heterocycles. The number of nitrogens with zero attached hydrogens (tertiary/aromatic N) is 1. The van der Waals surface area contributed by atoms with E-state index in [-0.39, 0.29) is 18.0 Å². The van der Waals surface area contributed by atoms with Gasteiger partial charge in [-0.05, 0) is 49.4 Å². The topological polar surface area (TPSA) is 101 Å². The molecule has 9 heteroatoms. The van der Waals surface area contributed by atoms with Crippen molar-refractivity contribution >= 4 is 43.4 Å². The molecular formula is C16H17NO6S2. The van der Waals surface area contributed by atoms with Crippen molar-refractivity contribution in [3.8, 4) is 0 Å². The molecule has 0 bridgehead atoms. The summed E-state index contributed by atoms with van der Waals surface area (Å²) in [6.07, 6.45) is 0.826. The van der Waals surface area contributed by atoms with Gasteiger partial charge in [0.25, 0.3) is 0 Å². The summed E-state index contributed by atoms with van der Waals surface area (Å²) >= 11 is 1.23. The van der Waals surface area contributed by atoms with Crippen LogP contribution in [0.5, 0.6) is 0 Å². The van der Waals surface area contributed by atoms with E-state index in [0.29, 0.717) is 23.1 Å². The molecule has 1 unspecified atom stereocenters. The van der Waals surface area contributed by atoms with Gasteiger partial charge in [-0.1, -0.05) is 0 Å². The third kappa shape index (κ3) is 3.26. The van der Waals surface area contributed by atoms with Crippen molar-refractivity contribution in [2.45, 2.75) is 30.7 Å². The van der Waals surface area contributed by atoms with Gasteiger partial charge in [0, 0.05) is 11.2 Å². The number of thiophene rings is 1. The van der Waals surface area contributed by atoms with Crippen LogP contribution in [0.2, 0.25) is 0 Å². The molecule has 0 amide bonds. The molecule has 1 saturated heterocycles. The Bertz CT molecular complexity index is 933. The molecule has 134 valence electrons. The number of ether oxygens (including phenoxy) is 1. The van der Waals surface area contributed by atoms with E-state index in [9.17, 15) is 23.1 Å². The van der Waals surface area contributed by atoms with Gasteiger partial charge in [0.15, 0.2) is 0 Å². The number of hydrogen-bond acceptors (Lipinski definition) is 6. The highest BCUT2D eigenvalue weighted by molar-refractivity contribution is 7.89. The fourth-order valence-electron chi connectivity index (χ4n) is 2.89. The number of carbonyl (C=O) groups is 2. The molecule has 0 spiro atoms. The Balaban J connectivity index is 1.98. The summed E-state index contributed by atoms with van der Waals surface area (Å²) in [6, 6.07) is 5.11. The molecule has 0 saturated carbocycles. The lowest BCUT2D eigenvalue weighted by atomic mass is 10.2. The third-order valence-electron chi connectivity index (χ3n) is 4.06. The molecule has 1 aliphatic rings. The first kappa shape index (κ1) is 17.8. The summed E-state index contributed by atoms with van der Waals surface area (Å²) in [4.78, 5) is 23.5. The Hall–Kier alpha value is -1.97. The van der Waals surface area contributed by atoms with Crippen LogP contribution in [-0.2, 0) is 19.6 Å². The number of fused-ring (bicyclic) bond motifs is 1. The van der Waals surface area contributed by atoms with Crippen LogP contribution in [0.15, 0.2) is 29.2 Å². The van der Waals surface area contributed by atoms with Crippen LogP contribution in [0.25, 0.3) is 10.1 Å². The minimum atomic E-state index is -3.90. The molecule has 1 aromatic heterocycles. The van der Waals surface area contributed by atoms with Crippen molar-refractivity contribution in [3.05, 3.63) is 29.1 Å². The molecule has 0 radical (unpaired) electrons. The van der Waals surface area contributed by atoms with Crippen LogP contribution < -0.4 is 0 Å². The first-order valence-corrected chi connectivity index (χ1v) is 10.1. The second-order valence-corrected chi connectivity index (χ2v) is 8.62. The van der Waals surface area contributed by atoms with Crippen molar-refractivity contribution in [2.24, 2.45) is 0 Å². The van der Waals surface area contributed by atoms with Crippen LogP contribution in [0.1, 0.15) is 29.4 Å². The molecule has 25 heavy (non-hydrogen) atoms. The second-order valence-electron chi connectivity index (χ2n) is 5.64. The van der Waals surface area contributed by atoms with E-state index in [1.54, 1.807) is 19.1 Å². The standard InChI is InChI=1S/C16H17NO6S2/c1-2-23-16(20)14-9-10-8-11(5-6-13(10)24-14)25(21,22)17-7-3-4-12(17)15(18)19/h5-6,8-9,12H,2-4,7H2,1H3,(H,18,19). The minimum absolute atomic E-state index is 0.0290. The Kier molecular flexibility index (Phi) is 4.81. The maximum Gasteiger partial charge on any atom is 0.348 e. The van der Waals surface area contributed by atoms with E-state index in [1.807, 2.05) is 0 Å². The van der Waals surface area contributed by atoms with Crippen LogP contribution >= 0.6 is 11.3 Å². The number of carboxylic acid groups (broad SMARTS) is 1. The average molecular weight is 383 g/mol. The van der Waals surface area contributed by atoms with Gasteiger partial charge in [0.05, 0.1) is 11.5 Å².